The van der Waals surface area contributed by atoms with Crippen LogP contribution in [0.25, 0.3) is 10.9 Å². The molecule has 1 aliphatic carbocycles. The van der Waals surface area contributed by atoms with Crippen molar-refractivity contribution in [3.63, 3.8) is 0 Å². The topological polar surface area (TPSA) is 48.3 Å². The summed E-state index contributed by atoms with van der Waals surface area (Å²) in [5, 5.41) is 0.833. The second-order valence-electron chi connectivity index (χ2n) is 8.11. The molecule has 0 aliphatic heterocycles. The number of hydrogen-bond donors (Lipinski definition) is 0. The Morgan fingerprint density at radius 3 is 2.65 bits per heavy atom. The van der Waals surface area contributed by atoms with E-state index in [2.05, 4.69) is 13.5 Å². The van der Waals surface area contributed by atoms with Crippen molar-refractivity contribution in [1.82, 2.24) is 4.57 Å². The molecule has 0 amide bonds. The normalized spacial score (nSPS) is 20.1. The quantitative estimate of drug-likeness (QED) is 0.682. The van der Waals surface area contributed by atoms with Crippen molar-refractivity contribution in [3.05, 3.63) is 48.2 Å². The van der Waals surface area contributed by atoms with Gasteiger partial charge in [0.1, 0.15) is 5.60 Å². The Kier molecular flexibility index (Phi) is 4.55. The number of nitrogens with zero attached hydrogens (tertiary/aromatic N) is 1. The molecular formula is C22H27NO3. The molecule has 0 spiro atoms. The highest BCUT2D eigenvalue weighted by atomic mass is 16.6. The van der Waals surface area contributed by atoms with Crippen molar-refractivity contribution >= 4 is 22.8 Å². The smallest absolute Gasteiger partial charge is 0.419 e. The lowest BCUT2D eigenvalue weighted by molar-refractivity contribution is 0.0537. The highest BCUT2D eigenvalue weighted by Crippen LogP contribution is 2.44. The van der Waals surface area contributed by atoms with Gasteiger partial charge in [0.15, 0.2) is 5.78 Å². The summed E-state index contributed by atoms with van der Waals surface area (Å²) in [6, 6.07) is 7.60. The third kappa shape index (κ3) is 2.87. The number of ether oxygens (including phenoxy) is 1. The number of Topliss-reactive ketones (excluding diaryl/α,β-unsaturated/α-hetero) is 1. The summed E-state index contributed by atoms with van der Waals surface area (Å²) in [6.07, 6.45) is 4.24. The van der Waals surface area contributed by atoms with Gasteiger partial charge in [0.2, 0.25) is 0 Å². The van der Waals surface area contributed by atoms with Gasteiger partial charge in [-0.3, -0.25) is 4.79 Å². The Labute approximate surface area is 154 Å². The first-order valence-electron chi connectivity index (χ1n) is 9.25. The number of para-hydroxylation sites is 1. The molecule has 0 fully saturated rings. The van der Waals surface area contributed by atoms with Crippen molar-refractivity contribution in [2.45, 2.75) is 59.0 Å². The van der Waals surface area contributed by atoms with E-state index < -0.39 is 17.1 Å². The third-order valence-corrected chi connectivity index (χ3v) is 5.31. The predicted octanol–water partition coefficient (Wildman–Crippen LogP) is 5.53. The molecule has 0 radical (unpaired) electrons. The van der Waals surface area contributed by atoms with Crippen LogP contribution in [-0.4, -0.2) is 22.0 Å². The lowest BCUT2D eigenvalue weighted by Crippen LogP contribution is -2.36. The van der Waals surface area contributed by atoms with E-state index >= 15 is 0 Å². The van der Waals surface area contributed by atoms with Gasteiger partial charge in [-0.05, 0) is 52.5 Å². The minimum absolute atomic E-state index is 0.125. The fourth-order valence-electron chi connectivity index (χ4n) is 3.99. The van der Waals surface area contributed by atoms with Crippen LogP contribution >= 0.6 is 0 Å². The summed E-state index contributed by atoms with van der Waals surface area (Å²) in [4.78, 5) is 26.4. The van der Waals surface area contributed by atoms with Crippen LogP contribution in [0.3, 0.4) is 0 Å². The SMILES string of the molecule is C=CCC1(CC)CCc2c(c3ccccc3n2C(=O)OC(C)(C)C)C1=O. The molecule has 1 unspecified atom stereocenters. The van der Waals surface area contributed by atoms with Crippen LogP contribution < -0.4 is 0 Å². The second-order valence-corrected chi connectivity index (χ2v) is 8.11. The minimum Gasteiger partial charge on any atom is -0.443 e. The van der Waals surface area contributed by atoms with Crippen LogP contribution in [0.4, 0.5) is 4.79 Å². The van der Waals surface area contributed by atoms with Gasteiger partial charge in [-0.2, -0.15) is 0 Å². The molecule has 1 heterocycles. The van der Waals surface area contributed by atoms with Crippen molar-refractivity contribution in [2.24, 2.45) is 5.41 Å². The Morgan fingerprint density at radius 1 is 1.35 bits per heavy atom. The van der Waals surface area contributed by atoms with E-state index in [1.807, 2.05) is 51.1 Å². The number of benzene rings is 1. The summed E-state index contributed by atoms with van der Waals surface area (Å²) in [5.74, 6) is 0.125. The predicted molar refractivity (Wildman–Crippen MR) is 104 cm³/mol. The van der Waals surface area contributed by atoms with Gasteiger partial charge in [-0.15, -0.1) is 6.58 Å². The second kappa shape index (κ2) is 6.42. The van der Waals surface area contributed by atoms with Crippen molar-refractivity contribution in [2.75, 3.05) is 0 Å². The highest BCUT2D eigenvalue weighted by Gasteiger charge is 2.43. The first-order valence-corrected chi connectivity index (χ1v) is 9.25. The summed E-state index contributed by atoms with van der Waals surface area (Å²) in [7, 11) is 0. The molecule has 2 aromatic rings. The van der Waals surface area contributed by atoms with Gasteiger partial charge in [0.05, 0.1) is 5.52 Å². The fraction of sp³-hybridized carbons (Fsp3) is 0.455. The maximum absolute atomic E-state index is 13.5. The molecule has 4 heteroatoms. The van der Waals surface area contributed by atoms with Gasteiger partial charge >= 0.3 is 6.09 Å². The molecule has 1 aromatic carbocycles. The molecular weight excluding hydrogens is 326 g/mol. The molecule has 26 heavy (non-hydrogen) atoms. The standard InChI is InChI=1S/C22H27NO3/c1-6-13-22(7-2)14-12-17-18(19(22)24)15-10-8-9-11-16(15)23(17)20(25)26-21(3,4)5/h6,8-11H,1,7,12-14H2,2-5H3. The Hall–Kier alpha value is -2.36. The maximum Gasteiger partial charge on any atom is 0.419 e. The zero-order valence-corrected chi connectivity index (χ0v) is 16.1. The van der Waals surface area contributed by atoms with Crippen LogP contribution in [0.5, 0.6) is 0 Å². The average Bonchev–Trinajstić information content (AvgIpc) is 2.91. The van der Waals surface area contributed by atoms with E-state index in [0.29, 0.717) is 18.4 Å². The number of carbonyl (C=O) groups is 2. The molecule has 0 bridgehead atoms. The highest BCUT2D eigenvalue weighted by molar-refractivity contribution is 6.14. The molecule has 0 N–H and O–H groups in total. The Bertz CT molecular complexity index is 885. The molecule has 3 rings (SSSR count). The van der Waals surface area contributed by atoms with Crippen LogP contribution in [0, 0.1) is 5.41 Å². The molecule has 0 saturated carbocycles. The summed E-state index contributed by atoms with van der Waals surface area (Å²) >= 11 is 0. The number of ketones is 1. The number of carbonyl (C=O) groups excluding carboxylic acids is 2. The van der Waals surface area contributed by atoms with Crippen LogP contribution in [0.15, 0.2) is 36.9 Å². The summed E-state index contributed by atoms with van der Waals surface area (Å²) < 4.78 is 7.21. The maximum atomic E-state index is 13.5. The van der Waals surface area contributed by atoms with Gasteiger partial charge in [0.25, 0.3) is 0 Å². The first kappa shape index (κ1) is 18.4. The van der Waals surface area contributed by atoms with E-state index in [0.717, 1.165) is 29.4 Å². The number of aromatic nitrogens is 1. The first-order chi connectivity index (χ1) is 12.2. The largest absolute Gasteiger partial charge is 0.443 e. The molecule has 1 aromatic heterocycles. The number of hydrogen-bond acceptors (Lipinski definition) is 3. The van der Waals surface area contributed by atoms with Gasteiger partial charge < -0.3 is 4.74 Å². The fourth-order valence-corrected chi connectivity index (χ4v) is 3.99. The lowest BCUT2D eigenvalue weighted by Gasteiger charge is -2.34. The Balaban J connectivity index is 2.22. The lowest BCUT2D eigenvalue weighted by atomic mass is 9.68. The van der Waals surface area contributed by atoms with Crippen molar-refractivity contribution in [1.29, 1.82) is 0 Å². The van der Waals surface area contributed by atoms with Crippen molar-refractivity contribution < 1.29 is 14.3 Å². The van der Waals surface area contributed by atoms with Crippen LogP contribution in [-0.2, 0) is 11.2 Å². The van der Waals surface area contributed by atoms with Gasteiger partial charge in [-0.25, -0.2) is 9.36 Å². The molecule has 138 valence electrons. The third-order valence-electron chi connectivity index (χ3n) is 5.31. The molecule has 0 saturated heterocycles. The summed E-state index contributed by atoms with van der Waals surface area (Å²) in [5.41, 5.74) is 1.19. The van der Waals surface area contributed by atoms with E-state index in [1.165, 1.54) is 0 Å². The summed E-state index contributed by atoms with van der Waals surface area (Å²) in [6.45, 7) is 11.4. The molecule has 1 atom stereocenters. The Morgan fingerprint density at radius 2 is 2.04 bits per heavy atom. The van der Waals surface area contributed by atoms with Crippen molar-refractivity contribution in [3.8, 4) is 0 Å². The van der Waals surface area contributed by atoms with E-state index in [4.69, 9.17) is 4.74 Å². The van der Waals surface area contributed by atoms with Gasteiger partial charge in [0, 0.05) is 22.1 Å². The van der Waals surface area contributed by atoms with Crippen LogP contribution in [0.1, 0.15) is 63.0 Å². The van der Waals surface area contributed by atoms with E-state index in [9.17, 15) is 9.59 Å². The molecule has 4 nitrogen and oxygen atoms in total. The monoisotopic (exact) mass is 353 g/mol. The number of rotatable bonds is 3. The molecule has 1 aliphatic rings. The average molecular weight is 353 g/mol. The number of fused-ring (bicyclic) bond motifs is 3. The van der Waals surface area contributed by atoms with Gasteiger partial charge in [-0.1, -0.05) is 31.2 Å². The van der Waals surface area contributed by atoms with E-state index in [-0.39, 0.29) is 5.78 Å². The zero-order valence-electron chi connectivity index (χ0n) is 16.1. The van der Waals surface area contributed by atoms with Crippen LogP contribution in [0.2, 0.25) is 0 Å². The minimum atomic E-state index is -0.593. The zero-order chi connectivity index (χ0) is 19.1. The van der Waals surface area contributed by atoms with E-state index in [1.54, 1.807) is 4.57 Å². The number of allylic oxidation sites excluding steroid dienone is 1.